The summed E-state index contributed by atoms with van der Waals surface area (Å²) in [5.74, 6) is -23.7. The second-order valence-corrected chi connectivity index (χ2v) is 5.19. The SMILES string of the molecule is O=S(=O)(O)C(F)(C(F)F)C(F)(F)C(F)(F)C(F)(F)C(F)(F)F. The molecule has 16 heteroatoms. The van der Waals surface area contributed by atoms with Gasteiger partial charge < -0.3 is 0 Å². The second kappa shape index (κ2) is 5.04. The monoisotopic (exact) mass is 382 g/mol. The molecule has 0 saturated heterocycles. The van der Waals surface area contributed by atoms with E-state index >= 15 is 0 Å². The summed E-state index contributed by atoms with van der Waals surface area (Å²) >= 11 is 0. The Kier molecular flexibility index (Phi) is 4.82. The number of rotatable bonds is 5. The van der Waals surface area contributed by atoms with Crippen LogP contribution in [0, 0.1) is 0 Å². The molecule has 0 bridgehead atoms. The van der Waals surface area contributed by atoms with E-state index in [1.165, 1.54) is 0 Å². The molecule has 0 aromatic carbocycles. The average Bonchev–Trinajstić information content (AvgIpc) is 2.23. The van der Waals surface area contributed by atoms with Gasteiger partial charge in [-0.2, -0.15) is 47.9 Å². The first-order valence-electron chi connectivity index (χ1n) is 4.33. The van der Waals surface area contributed by atoms with Crippen molar-refractivity contribution in [3.8, 4) is 0 Å². The summed E-state index contributed by atoms with van der Waals surface area (Å²) in [5.41, 5.74) is 0. The van der Waals surface area contributed by atoms with Gasteiger partial charge in [0.15, 0.2) is 0 Å². The zero-order valence-electron chi connectivity index (χ0n) is 9.28. The molecule has 0 aliphatic carbocycles. The van der Waals surface area contributed by atoms with Gasteiger partial charge in [-0.25, -0.2) is 13.2 Å². The van der Waals surface area contributed by atoms with Gasteiger partial charge in [0.05, 0.1) is 0 Å². The Labute approximate surface area is 112 Å². The molecule has 3 nitrogen and oxygen atoms in total. The van der Waals surface area contributed by atoms with Crippen molar-refractivity contribution in [1.82, 2.24) is 0 Å². The van der Waals surface area contributed by atoms with E-state index in [0.717, 1.165) is 0 Å². The Morgan fingerprint density at radius 3 is 1.18 bits per heavy atom. The van der Waals surface area contributed by atoms with Crippen LogP contribution in [0.15, 0.2) is 0 Å². The van der Waals surface area contributed by atoms with Gasteiger partial charge in [0, 0.05) is 0 Å². The Morgan fingerprint density at radius 1 is 0.682 bits per heavy atom. The lowest BCUT2D eigenvalue weighted by atomic mass is 9.99. The largest absolute Gasteiger partial charge is 0.460 e. The highest BCUT2D eigenvalue weighted by atomic mass is 32.2. The normalized spacial score (nSPS) is 18.5. The average molecular weight is 382 g/mol. The molecule has 0 radical (unpaired) electrons. The number of halogens is 12. The van der Waals surface area contributed by atoms with Crippen LogP contribution in [0.25, 0.3) is 0 Å². The number of alkyl halides is 12. The topological polar surface area (TPSA) is 54.4 Å². The van der Waals surface area contributed by atoms with E-state index in [1.54, 1.807) is 0 Å². The Hall–Kier alpha value is -0.930. The van der Waals surface area contributed by atoms with E-state index in [4.69, 9.17) is 4.55 Å². The van der Waals surface area contributed by atoms with Crippen LogP contribution in [0.1, 0.15) is 0 Å². The standard InChI is InChI=1S/C6H2F12O3S/c7-1(8)2(9,22(19,20)21)3(10,11)4(12,13)5(14,15)6(16,17)18/h1H,(H,19,20,21). The van der Waals surface area contributed by atoms with Crippen molar-refractivity contribution in [3.05, 3.63) is 0 Å². The minimum absolute atomic E-state index is 5.80. The fraction of sp³-hybridized carbons (Fsp3) is 1.00. The van der Waals surface area contributed by atoms with Gasteiger partial charge in [-0.15, -0.1) is 0 Å². The minimum atomic E-state index is -7.99. The van der Waals surface area contributed by atoms with Gasteiger partial charge in [0.2, 0.25) is 0 Å². The fourth-order valence-corrected chi connectivity index (χ4v) is 1.68. The zero-order valence-corrected chi connectivity index (χ0v) is 10.1. The maximum Gasteiger partial charge on any atom is 0.460 e. The van der Waals surface area contributed by atoms with Gasteiger partial charge >= 0.3 is 39.1 Å². The van der Waals surface area contributed by atoms with Crippen molar-refractivity contribution < 1.29 is 65.7 Å². The first kappa shape index (κ1) is 21.1. The van der Waals surface area contributed by atoms with E-state index in [9.17, 15) is 61.1 Å². The van der Waals surface area contributed by atoms with Gasteiger partial charge in [0.25, 0.3) is 6.43 Å². The summed E-state index contributed by atoms with van der Waals surface area (Å²) in [6.07, 6.45) is -13.3. The van der Waals surface area contributed by atoms with Crippen LogP contribution in [0.2, 0.25) is 0 Å². The Morgan fingerprint density at radius 2 is 1.00 bits per heavy atom. The molecule has 1 atom stereocenters. The molecule has 0 saturated carbocycles. The predicted octanol–water partition coefficient (Wildman–Crippen LogP) is 3.27. The van der Waals surface area contributed by atoms with Crippen LogP contribution in [-0.2, 0) is 10.1 Å². The summed E-state index contributed by atoms with van der Waals surface area (Å²) in [4.78, 5) is 0. The van der Waals surface area contributed by atoms with Crippen molar-refractivity contribution in [2.75, 3.05) is 0 Å². The number of hydrogen-bond acceptors (Lipinski definition) is 2. The minimum Gasteiger partial charge on any atom is -0.283 e. The smallest absolute Gasteiger partial charge is 0.283 e. The van der Waals surface area contributed by atoms with Crippen LogP contribution in [0.5, 0.6) is 0 Å². The van der Waals surface area contributed by atoms with Crippen LogP contribution in [-0.4, -0.2) is 48.3 Å². The third-order valence-electron chi connectivity index (χ3n) is 2.23. The molecule has 0 aromatic rings. The molecule has 0 aliphatic heterocycles. The summed E-state index contributed by atoms with van der Waals surface area (Å²) in [7, 11) is -7.56. The first-order chi connectivity index (χ1) is 9.19. The lowest BCUT2D eigenvalue weighted by Crippen LogP contribution is -2.71. The lowest BCUT2D eigenvalue weighted by Gasteiger charge is -2.38. The van der Waals surface area contributed by atoms with Crippen molar-refractivity contribution in [3.63, 3.8) is 0 Å². The van der Waals surface area contributed by atoms with Gasteiger partial charge in [0.1, 0.15) is 0 Å². The van der Waals surface area contributed by atoms with Crippen molar-refractivity contribution in [1.29, 1.82) is 0 Å². The molecular formula is C6H2F12O3S. The van der Waals surface area contributed by atoms with Crippen LogP contribution < -0.4 is 0 Å². The van der Waals surface area contributed by atoms with Crippen LogP contribution >= 0.6 is 0 Å². The summed E-state index contributed by atoms with van der Waals surface area (Å²) < 4.78 is 176. The quantitative estimate of drug-likeness (QED) is 0.587. The Balaban J connectivity index is 6.56. The molecule has 1 unspecified atom stereocenters. The van der Waals surface area contributed by atoms with Crippen LogP contribution in [0.4, 0.5) is 52.7 Å². The third kappa shape index (κ3) is 2.48. The third-order valence-corrected chi connectivity index (χ3v) is 3.41. The maximum absolute atomic E-state index is 13.1. The highest BCUT2D eigenvalue weighted by Crippen LogP contribution is 2.59. The molecule has 1 N–H and O–H groups in total. The van der Waals surface area contributed by atoms with Gasteiger partial charge in [-0.3, -0.25) is 4.55 Å². The van der Waals surface area contributed by atoms with Gasteiger partial charge in [-0.05, 0) is 0 Å². The van der Waals surface area contributed by atoms with Crippen molar-refractivity contribution >= 4 is 10.1 Å². The van der Waals surface area contributed by atoms with Crippen LogP contribution in [0.3, 0.4) is 0 Å². The molecule has 0 amide bonds. The predicted molar refractivity (Wildman–Crippen MR) is 42.3 cm³/mol. The highest BCUT2D eigenvalue weighted by Gasteiger charge is 2.90. The molecule has 0 spiro atoms. The van der Waals surface area contributed by atoms with Gasteiger partial charge in [-0.1, -0.05) is 0 Å². The van der Waals surface area contributed by atoms with E-state index in [1.807, 2.05) is 0 Å². The van der Waals surface area contributed by atoms with Crippen molar-refractivity contribution in [2.45, 2.75) is 35.4 Å². The van der Waals surface area contributed by atoms with E-state index < -0.39 is 45.5 Å². The van der Waals surface area contributed by atoms with E-state index in [2.05, 4.69) is 0 Å². The van der Waals surface area contributed by atoms with Crippen molar-refractivity contribution in [2.24, 2.45) is 0 Å². The molecule has 0 aromatic heterocycles. The molecule has 0 rings (SSSR count). The van der Waals surface area contributed by atoms with E-state index in [0.29, 0.717) is 0 Å². The second-order valence-electron chi connectivity index (χ2n) is 3.64. The molecule has 0 heterocycles. The molecule has 0 fully saturated rings. The molecular weight excluding hydrogens is 380 g/mol. The van der Waals surface area contributed by atoms with E-state index in [-0.39, 0.29) is 0 Å². The summed E-state index contributed by atoms with van der Waals surface area (Å²) in [6, 6.07) is 0. The first-order valence-corrected chi connectivity index (χ1v) is 5.78. The maximum atomic E-state index is 13.1. The Bertz CT molecular complexity index is 521. The summed E-state index contributed by atoms with van der Waals surface area (Å²) in [5, 5.41) is -7.13. The molecule has 134 valence electrons. The zero-order chi connectivity index (χ0) is 18.6. The molecule has 0 aliphatic rings. The molecule has 22 heavy (non-hydrogen) atoms. The summed E-state index contributed by atoms with van der Waals surface area (Å²) in [6.45, 7) is 0. The lowest BCUT2D eigenvalue weighted by molar-refractivity contribution is -0.410. The fourth-order valence-electron chi connectivity index (χ4n) is 1.00. The highest BCUT2D eigenvalue weighted by molar-refractivity contribution is 7.87. The number of hydrogen-bond donors (Lipinski definition) is 1.